The van der Waals surface area contributed by atoms with Gasteiger partial charge in [-0.25, -0.2) is 4.79 Å². The first-order valence-electron chi connectivity index (χ1n) is 8.20. The topological polar surface area (TPSA) is 58.2 Å². The van der Waals surface area contributed by atoms with Crippen LogP contribution in [0.1, 0.15) is 27.8 Å². The summed E-state index contributed by atoms with van der Waals surface area (Å²) in [4.78, 5) is 25.0. The van der Waals surface area contributed by atoms with Crippen molar-refractivity contribution in [2.45, 2.75) is 39.1 Å². The van der Waals surface area contributed by atoms with E-state index < -0.39 is 6.03 Å². The van der Waals surface area contributed by atoms with E-state index in [4.69, 9.17) is 0 Å². The number of amides is 3. The molecule has 0 fully saturated rings. The number of hydrogen-bond donors (Lipinski definition) is 2. The predicted octanol–water partition coefficient (Wildman–Crippen LogP) is 4.04. The molecule has 2 aromatic carbocycles. The Balaban J connectivity index is 1.86. The molecule has 0 aliphatic carbocycles. The molecule has 2 rings (SSSR count). The Hall–Kier alpha value is -2.27. The van der Waals surface area contributed by atoms with Crippen molar-refractivity contribution in [3.05, 3.63) is 64.2 Å². The minimum absolute atomic E-state index is 0.212. The second kappa shape index (κ2) is 8.72. The lowest BCUT2D eigenvalue weighted by Crippen LogP contribution is -2.39. The van der Waals surface area contributed by atoms with Crippen molar-refractivity contribution in [1.82, 2.24) is 10.6 Å². The molecule has 0 aliphatic rings. The molecule has 132 valence electrons. The van der Waals surface area contributed by atoms with E-state index in [-0.39, 0.29) is 11.7 Å². The molecule has 25 heavy (non-hydrogen) atoms. The summed E-state index contributed by atoms with van der Waals surface area (Å²) in [7, 11) is 0. The third-order valence-electron chi connectivity index (χ3n) is 4.19. The van der Waals surface area contributed by atoms with Gasteiger partial charge in [0.05, 0.1) is 5.75 Å². The van der Waals surface area contributed by atoms with Gasteiger partial charge in [-0.3, -0.25) is 10.1 Å². The van der Waals surface area contributed by atoms with Crippen molar-refractivity contribution in [3.8, 4) is 0 Å². The molecule has 0 spiro atoms. The van der Waals surface area contributed by atoms with Crippen LogP contribution >= 0.6 is 11.8 Å². The van der Waals surface area contributed by atoms with Crippen molar-refractivity contribution < 1.29 is 9.59 Å². The molecule has 0 unspecified atom stereocenters. The second-order valence-electron chi connectivity index (χ2n) is 6.09. The molecule has 2 N–H and O–H groups in total. The highest BCUT2D eigenvalue weighted by Crippen LogP contribution is 2.30. The normalized spacial score (nSPS) is 10.4. The number of thioether (sulfide) groups is 1. The monoisotopic (exact) mass is 356 g/mol. The number of imide groups is 1. The van der Waals surface area contributed by atoms with E-state index >= 15 is 0 Å². The highest BCUT2D eigenvalue weighted by molar-refractivity contribution is 8.00. The lowest BCUT2D eigenvalue weighted by molar-refractivity contribution is -0.117. The van der Waals surface area contributed by atoms with Crippen LogP contribution in [0.25, 0.3) is 0 Å². The van der Waals surface area contributed by atoms with Crippen LogP contribution in [-0.4, -0.2) is 17.7 Å². The first-order valence-corrected chi connectivity index (χ1v) is 9.19. The van der Waals surface area contributed by atoms with Crippen molar-refractivity contribution in [2.75, 3.05) is 5.75 Å². The minimum Gasteiger partial charge on any atom is -0.334 e. The first-order chi connectivity index (χ1) is 11.9. The first kappa shape index (κ1) is 19.1. The molecular weight excluding hydrogens is 332 g/mol. The SMILES string of the molecule is Cc1cc(C)c(C)c(SCC(=O)NC(=O)NCc2ccccc2)c1C. The van der Waals surface area contributed by atoms with Gasteiger partial charge in [-0.15, -0.1) is 11.8 Å². The van der Waals surface area contributed by atoms with Gasteiger partial charge in [0.1, 0.15) is 0 Å². The maximum atomic E-state index is 12.0. The number of nitrogens with one attached hydrogen (secondary N) is 2. The predicted molar refractivity (Wildman–Crippen MR) is 103 cm³/mol. The van der Waals surface area contributed by atoms with Crippen LogP contribution in [0.2, 0.25) is 0 Å². The molecule has 4 nitrogen and oxygen atoms in total. The van der Waals surface area contributed by atoms with E-state index in [0.29, 0.717) is 6.54 Å². The number of rotatable bonds is 5. The van der Waals surface area contributed by atoms with Crippen LogP contribution in [0.3, 0.4) is 0 Å². The van der Waals surface area contributed by atoms with Gasteiger partial charge in [0, 0.05) is 11.4 Å². The average molecular weight is 356 g/mol. The smallest absolute Gasteiger partial charge is 0.321 e. The highest BCUT2D eigenvalue weighted by atomic mass is 32.2. The number of hydrogen-bond acceptors (Lipinski definition) is 3. The summed E-state index contributed by atoms with van der Waals surface area (Å²) < 4.78 is 0. The van der Waals surface area contributed by atoms with Gasteiger partial charge in [0.2, 0.25) is 5.91 Å². The summed E-state index contributed by atoms with van der Waals surface area (Å²) in [5.74, 6) is -0.0860. The Bertz CT molecular complexity index is 747. The van der Waals surface area contributed by atoms with Crippen LogP contribution < -0.4 is 10.6 Å². The van der Waals surface area contributed by atoms with E-state index in [2.05, 4.69) is 44.4 Å². The highest BCUT2D eigenvalue weighted by Gasteiger charge is 2.13. The molecule has 5 heteroatoms. The maximum absolute atomic E-state index is 12.0. The number of benzene rings is 2. The number of carbonyl (C=O) groups excluding carboxylic acids is 2. The Kier molecular flexibility index (Phi) is 6.65. The Morgan fingerprint density at radius 3 is 2.16 bits per heavy atom. The zero-order valence-corrected chi connectivity index (χ0v) is 15.9. The number of aryl methyl sites for hydroxylation is 2. The Morgan fingerprint density at radius 2 is 1.56 bits per heavy atom. The molecule has 0 aromatic heterocycles. The zero-order valence-electron chi connectivity index (χ0n) is 15.1. The van der Waals surface area contributed by atoms with Gasteiger partial charge < -0.3 is 5.32 Å². The molecule has 0 heterocycles. The molecule has 0 bridgehead atoms. The molecule has 0 saturated carbocycles. The minimum atomic E-state index is -0.469. The van der Waals surface area contributed by atoms with Gasteiger partial charge in [-0.2, -0.15) is 0 Å². The summed E-state index contributed by atoms with van der Waals surface area (Å²) >= 11 is 1.47. The van der Waals surface area contributed by atoms with Gasteiger partial charge in [-0.05, 0) is 55.5 Å². The molecule has 0 aliphatic heterocycles. The summed E-state index contributed by atoms with van der Waals surface area (Å²) in [5.41, 5.74) is 5.79. The van der Waals surface area contributed by atoms with Crippen LogP contribution in [0.4, 0.5) is 4.79 Å². The number of urea groups is 1. The van der Waals surface area contributed by atoms with Crippen LogP contribution in [0, 0.1) is 27.7 Å². The van der Waals surface area contributed by atoms with Crippen LogP contribution in [-0.2, 0) is 11.3 Å². The van der Waals surface area contributed by atoms with E-state index in [1.165, 1.54) is 34.0 Å². The molecule has 0 atom stereocenters. The maximum Gasteiger partial charge on any atom is 0.321 e. The van der Waals surface area contributed by atoms with Crippen molar-refractivity contribution in [2.24, 2.45) is 0 Å². The average Bonchev–Trinajstić information content (AvgIpc) is 2.59. The third-order valence-corrected chi connectivity index (χ3v) is 5.50. The zero-order chi connectivity index (χ0) is 18.4. The van der Waals surface area contributed by atoms with Gasteiger partial charge in [0.25, 0.3) is 0 Å². The fourth-order valence-electron chi connectivity index (χ4n) is 2.52. The quantitative estimate of drug-likeness (QED) is 0.795. The van der Waals surface area contributed by atoms with E-state index in [0.717, 1.165) is 10.5 Å². The van der Waals surface area contributed by atoms with Crippen LogP contribution in [0.15, 0.2) is 41.3 Å². The van der Waals surface area contributed by atoms with Gasteiger partial charge in [-0.1, -0.05) is 36.4 Å². The van der Waals surface area contributed by atoms with Crippen molar-refractivity contribution in [3.63, 3.8) is 0 Å². The van der Waals surface area contributed by atoms with Gasteiger partial charge >= 0.3 is 6.03 Å². The van der Waals surface area contributed by atoms with Gasteiger partial charge in [0.15, 0.2) is 0 Å². The summed E-state index contributed by atoms with van der Waals surface area (Å²) in [6.45, 7) is 8.66. The molecule has 0 radical (unpaired) electrons. The molecular formula is C20H24N2O2S. The summed E-state index contributed by atoms with van der Waals surface area (Å²) in [5, 5.41) is 5.07. The number of carbonyl (C=O) groups is 2. The summed E-state index contributed by atoms with van der Waals surface area (Å²) in [6.07, 6.45) is 0. The lowest BCUT2D eigenvalue weighted by atomic mass is 10.0. The van der Waals surface area contributed by atoms with Crippen LogP contribution in [0.5, 0.6) is 0 Å². The molecule has 2 aromatic rings. The fraction of sp³-hybridized carbons (Fsp3) is 0.300. The largest absolute Gasteiger partial charge is 0.334 e. The molecule has 3 amide bonds. The molecule has 0 saturated heterocycles. The van der Waals surface area contributed by atoms with E-state index in [1.54, 1.807) is 0 Å². The fourth-order valence-corrected chi connectivity index (χ4v) is 3.62. The Labute approximate surface area is 153 Å². The van der Waals surface area contributed by atoms with E-state index in [9.17, 15) is 9.59 Å². The second-order valence-corrected chi connectivity index (χ2v) is 7.08. The Morgan fingerprint density at radius 1 is 0.960 bits per heavy atom. The van der Waals surface area contributed by atoms with Crippen molar-refractivity contribution >= 4 is 23.7 Å². The van der Waals surface area contributed by atoms with Crippen molar-refractivity contribution in [1.29, 1.82) is 0 Å². The summed E-state index contributed by atoms with van der Waals surface area (Å²) in [6, 6.07) is 11.3. The standard InChI is InChI=1S/C20H24N2O2S/c1-13-10-14(2)16(4)19(15(13)3)25-12-18(23)22-20(24)21-11-17-8-6-5-7-9-17/h5-10H,11-12H2,1-4H3,(H2,21,22,23,24). The van der Waals surface area contributed by atoms with E-state index in [1.807, 2.05) is 30.3 Å². The third kappa shape index (κ3) is 5.36. The lowest BCUT2D eigenvalue weighted by Gasteiger charge is -2.14.